The number of aromatic nitrogens is 2. The number of benzene rings is 2. The molecular weight excluding hydrogens is 384 g/mol. The van der Waals surface area contributed by atoms with E-state index < -0.39 is 12.5 Å². The molecule has 0 saturated heterocycles. The Kier molecular flexibility index (Phi) is 4.96. The summed E-state index contributed by atoms with van der Waals surface area (Å²) in [6.45, 7) is -0.601. The van der Waals surface area contributed by atoms with Crippen LogP contribution in [0.1, 0.15) is 17.1 Å². The summed E-state index contributed by atoms with van der Waals surface area (Å²) in [7, 11) is 0. The van der Waals surface area contributed by atoms with Gasteiger partial charge in [-0.25, -0.2) is 4.98 Å². The Morgan fingerprint density at radius 3 is 2.61 bits per heavy atom. The molecule has 0 spiro atoms. The van der Waals surface area contributed by atoms with Gasteiger partial charge < -0.3 is 9.73 Å². The molecule has 28 heavy (non-hydrogen) atoms. The molecule has 0 aliphatic heterocycles. The van der Waals surface area contributed by atoms with E-state index in [0.717, 1.165) is 5.56 Å². The third kappa shape index (κ3) is 3.82. The Bertz CT molecular complexity index is 1100. The standard InChI is InChI=1S/C21H16ClF2N3O/c22-15-7-2-1-6-14(15)12-19-27-20-16(8-5-9-17(20)28-19)26-13-21(23,24)18-10-3-4-11-25-18/h1-11,26H,12-13H2. The number of halogens is 3. The normalized spacial score (nSPS) is 11.7. The van der Waals surface area contributed by atoms with Crippen LogP contribution in [-0.2, 0) is 12.3 Å². The topological polar surface area (TPSA) is 51.0 Å². The number of fused-ring (bicyclic) bond motifs is 1. The zero-order chi connectivity index (χ0) is 19.6. The number of hydrogen-bond acceptors (Lipinski definition) is 4. The van der Waals surface area contributed by atoms with Crippen molar-refractivity contribution in [2.45, 2.75) is 12.3 Å². The second-order valence-corrected chi connectivity index (χ2v) is 6.71. The Balaban J connectivity index is 1.57. The first-order chi connectivity index (χ1) is 13.5. The van der Waals surface area contributed by atoms with Gasteiger partial charge >= 0.3 is 5.92 Å². The molecule has 0 atom stereocenters. The van der Waals surface area contributed by atoms with E-state index in [1.807, 2.05) is 18.2 Å². The minimum atomic E-state index is -3.12. The molecule has 1 N–H and O–H groups in total. The highest BCUT2D eigenvalue weighted by Crippen LogP contribution is 2.30. The average Bonchev–Trinajstić information content (AvgIpc) is 3.12. The predicted octanol–water partition coefficient (Wildman–Crippen LogP) is 5.67. The van der Waals surface area contributed by atoms with Crippen LogP contribution in [0.2, 0.25) is 5.02 Å². The monoisotopic (exact) mass is 399 g/mol. The number of anilines is 1. The van der Waals surface area contributed by atoms with Crippen molar-refractivity contribution in [1.29, 1.82) is 0 Å². The molecule has 0 amide bonds. The van der Waals surface area contributed by atoms with Gasteiger partial charge in [-0.2, -0.15) is 8.78 Å². The first-order valence-electron chi connectivity index (χ1n) is 8.68. The van der Waals surface area contributed by atoms with Crippen LogP contribution in [0.3, 0.4) is 0 Å². The lowest BCUT2D eigenvalue weighted by molar-refractivity contribution is 0.00602. The van der Waals surface area contributed by atoms with E-state index in [9.17, 15) is 8.78 Å². The Hall–Kier alpha value is -2.99. The molecule has 7 heteroatoms. The van der Waals surface area contributed by atoms with E-state index in [2.05, 4.69) is 15.3 Å². The Morgan fingerprint density at radius 2 is 1.82 bits per heavy atom. The lowest BCUT2D eigenvalue weighted by atomic mass is 10.1. The molecule has 2 aromatic heterocycles. The van der Waals surface area contributed by atoms with Crippen LogP contribution < -0.4 is 5.32 Å². The molecule has 0 radical (unpaired) electrons. The van der Waals surface area contributed by atoms with Crippen LogP contribution in [0.5, 0.6) is 0 Å². The third-order valence-electron chi connectivity index (χ3n) is 4.30. The van der Waals surface area contributed by atoms with Crippen molar-refractivity contribution < 1.29 is 13.2 Å². The van der Waals surface area contributed by atoms with E-state index in [4.69, 9.17) is 16.0 Å². The molecule has 142 valence electrons. The quantitative estimate of drug-likeness (QED) is 0.453. The summed E-state index contributed by atoms with van der Waals surface area (Å²) in [5.41, 5.74) is 2.10. The fourth-order valence-electron chi connectivity index (χ4n) is 2.89. The molecule has 0 saturated carbocycles. The number of rotatable bonds is 6. The summed E-state index contributed by atoms with van der Waals surface area (Å²) in [6, 6.07) is 17.0. The Morgan fingerprint density at radius 1 is 1.00 bits per heavy atom. The maximum absolute atomic E-state index is 14.4. The zero-order valence-corrected chi connectivity index (χ0v) is 15.5. The SMILES string of the molecule is FC(F)(CNc1cccc2oc(Cc3ccccc3Cl)nc12)c1ccccn1. The van der Waals surface area contributed by atoms with Gasteiger partial charge in [0, 0.05) is 11.2 Å². The summed E-state index contributed by atoms with van der Waals surface area (Å²) < 4.78 is 34.6. The van der Waals surface area contributed by atoms with Crippen molar-refractivity contribution in [2.24, 2.45) is 0 Å². The first kappa shape index (κ1) is 18.4. The van der Waals surface area contributed by atoms with Gasteiger partial charge in [-0.05, 0) is 35.9 Å². The molecule has 2 aromatic carbocycles. The first-order valence-corrected chi connectivity index (χ1v) is 9.06. The maximum Gasteiger partial charge on any atom is 0.306 e. The van der Waals surface area contributed by atoms with E-state index in [-0.39, 0.29) is 5.69 Å². The van der Waals surface area contributed by atoms with E-state index >= 15 is 0 Å². The maximum atomic E-state index is 14.4. The largest absolute Gasteiger partial charge is 0.440 e. The van der Waals surface area contributed by atoms with Gasteiger partial charge in [0.15, 0.2) is 11.5 Å². The van der Waals surface area contributed by atoms with Gasteiger partial charge in [-0.3, -0.25) is 4.98 Å². The highest BCUT2D eigenvalue weighted by molar-refractivity contribution is 6.31. The molecule has 0 aliphatic carbocycles. The molecule has 4 nitrogen and oxygen atoms in total. The van der Waals surface area contributed by atoms with Crippen LogP contribution in [-0.4, -0.2) is 16.5 Å². The predicted molar refractivity (Wildman–Crippen MR) is 105 cm³/mol. The summed E-state index contributed by atoms with van der Waals surface area (Å²) in [4.78, 5) is 8.22. The van der Waals surface area contributed by atoms with E-state index in [0.29, 0.717) is 34.1 Å². The number of para-hydroxylation sites is 1. The number of pyridine rings is 1. The van der Waals surface area contributed by atoms with Crippen molar-refractivity contribution in [2.75, 3.05) is 11.9 Å². The lowest BCUT2D eigenvalue weighted by Crippen LogP contribution is -2.25. The average molecular weight is 400 g/mol. The van der Waals surface area contributed by atoms with Gasteiger partial charge in [-0.15, -0.1) is 0 Å². The minimum Gasteiger partial charge on any atom is -0.440 e. The fraction of sp³-hybridized carbons (Fsp3) is 0.143. The van der Waals surface area contributed by atoms with E-state index in [1.165, 1.54) is 18.3 Å². The van der Waals surface area contributed by atoms with Crippen molar-refractivity contribution in [3.63, 3.8) is 0 Å². The van der Waals surface area contributed by atoms with Crippen molar-refractivity contribution in [3.8, 4) is 0 Å². The van der Waals surface area contributed by atoms with Crippen LogP contribution >= 0.6 is 11.6 Å². The number of hydrogen-bond donors (Lipinski definition) is 1. The van der Waals surface area contributed by atoms with Crippen molar-refractivity contribution in [3.05, 3.63) is 89.0 Å². The van der Waals surface area contributed by atoms with Crippen LogP contribution in [0.4, 0.5) is 14.5 Å². The smallest absolute Gasteiger partial charge is 0.306 e. The number of oxazole rings is 1. The van der Waals surface area contributed by atoms with Gasteiger partial charge in [0.25, 0.3) is 0 Å². The van der Waals surface area contributed by atoms with Crippen LogP contribution in [0, 0.1) is 0 Å². The fourth-order valence-corrected chi connectivity index (χ4v) is 3.10. The molecule has 4 rings (SSSR count). The molecule has 0 bridgehead atoms. The molecule has 0 fully saturated rings. The highest BCUT2D eigenvalue weighted by atomic mass is 35.5. The lowest BCUT2D eigenvalue weighted by Gasteiger charge is -2.17. The number of nitrogens with zero attached hydrogens (tertiary/aromatic N) is 2. The summed E-state index contributed by atoms with van der Waals surface area (Å²) >= 11 is 6.19. The second kappa shape index (κ2) is 7.56. The molecule has 2 heterocycles. The summed E-state index contributed by atoms with van der Waals surface area (Å²) in [5.74, 6) is -2.65. The molecule has 4 aromatic rings. The third-order valence-corrected chi connectivity index (χ3v) is 4.67. The van der Waals surface area contributed by atoms with E-state index in [1.54, 1.807) is 30.3 Å². The van der Waals surface area contributed by atoms with Crippen molar-refractivity contribution in [1.82, 2.24) is 9.97 Å². The molecule has 0 aliphatic rings. The minimum absolute atomic E-state index is 0.283. The summed E-state index contributed by atoms with van der Waals surface area (Å²) in [6.07, 6.45) is 1.76. The summed E-state index contributed by atoms with van der Waals surface area (Å²) in [5, 5.41) is 3.40. The molecular formula is C21H16ClF2N3O. The van der Waals surface area contributed by atoms with Crippen LogP contribution in [0.25, 0.3) is 11.1 Å². The number of nitrogens with one attached hydrogen (secondary N) is 1. The highest BCUT2D eigenvalue weighted by Gasteiger charge is 2.33. The van der Waals surface area contributed by atoms with Gasteiger partial charge in [-0.1, -0.05) is 41.9 Å². The van der Waals surface area contributed by atoms with Gasteiger partial charge in [0.2, 0.25) is 0 Å². The second-order valence-electron chi connectivity index (χ2n) is 6.30. The van der Waals surface area contributed by atoms with Crippen molar-refractivity contribution >= 4 is 28.4 Å². The van der Waals surface area contributed by atoms with Crippen LogP contribution in [0.15, 0.2) is 71.3 Å². The zero-order valence-electron chi connectivity index (χ0n) is 14.7. The molecule has 0 unspecified atom stereocenters. The Labute approximate surface area is 165 Å². The van der Waals surface area contributed by atoms with Gasteiger partial charge in [0.05, 0.1) is 18.7 Å². The number of alkyl halides is 2. The van der Waals surface area contributed by atoms with Gasteiger partial charge in [0.1, 0.15) is 11.2 Å².